The van der Waals surface area contributed by atoms with E-state index >= 15 is 0 Å². The van der Waals surface area contributed by atoms with Crippen molar-refractivity contribution >= 4 is 23.3 Å². The number of urea groups is 1. The van der Waals surface area contributed by atoms with E-state index in [4.69, 9.17) is 11.6 Å². The molecule has 22 heavy (non-hydrogen) atoms. The largest absolute Gasteiger partial charge is 0.334 e. The molecule has 0 unspecified atom stereocenters. The number of amides is 2. The van der Waals surface area contributed by atoms with Crippen LogP contribution in [0.1, 0.15) is 31.9 Å². The van der Waals surface area contributed by atoms with Crippen LogP contribution in [0, 0.1) is 0 Å². The van der Waals surface area contributed by atoms with Crippen LogP contribution in [0.5, 0.6) is 0 Å². The fourth-order valence-electron chi connectivity index (χ4n) is 2.20. The van der Waals surface area contributed by atoms with E-state index in [2.05, 4.69) is 31.4 Å². The predicted molar refractivity (Wildman–Crippen MR) is 92.5 cm³/mol. The number of halogens is 1. The Labute approximate surface area is 136 Å². The van der Waals surface area contributed by atoms with E-state index in [-0.39, 0.29) is 11.4 Å². The molecule has 0 radical (unpaired) electrons. The van der Waals surface area contributed by atoms with E-state index in [1.807, 2.05) is 48.5 Å². The van der Waals surface area contributed by atoms with Gasteiger partial charge in [0.1, 0.15) is 0 Å². The molecule has 0 spiro atoms. The molecule has 0 saturated heterocycles. The summed E-state index contributed by atoms with van der Waals surface area (Å²) >= 11 is 5.84. The van der Waals surface area contributed by atoms with Gasteiger partial charge in [-0.25, -0.2) is 4.79 Å². The number of anilines is 1. The van der Waals surface area contributed by atoms with E-state index in [1.165, 1.54) is 0 Å². The Hall–Kier alpha value is -2.00. The second-order valence-electron chi connectivity index (χ2n) is 6.23. The summed E-state index contributed by atoms with van der Waals surface area (Å²) in [5, 5.41) is 6.46. The third-order valence-electron chi connectivity index (χ3n) is 3.35. The van der Waals surface area contributed by atoms with Crippen molar-refractivity contribution in [1.29, 1.82) is 0 Å². The second kappa shape index (κ2) is 6.84. The second-order valence-corrected chi connectivity index (χ2v) is 6.67. The molecule has 0 atom stereocenters. The molecule has 0 saturated carbocycles. The Morgan fingerprint density at radius 3 is 2.32 bits per heavy atom. The smallest absolute Gasteiger partial charge is 0.319 e. The number of carbonyl (C=O) groups is 1. The lowest BCUT2D eigenvalue weighted by Gasteiger charge is -2.23. The maximum atomic E-state index is 12.1. The number of hydrogen-bond donors (Lipinski definition) is 2. The quantitative estimate of drug-likeness (QED) is 0.825. The van der Waals surface area contributed by atoms with E-state index in [0.29, 0.717) is 11.6 Å². The van der Waals surface area contributed by atoms with Gasteiger partial charge in [-0.15, -0.1) is 0 Å². The molecule has 0 aliphatic heterocycles. The molecule has 0 aromatic heterocycles. The fourth-order valence-corrected chi connectivity index (χ4v) is 2.32. The zero-order chi connectivity index (χ0) is 16.2. The molecule has 2 aromatic rings. The van der Waals surface area contributed by atoms with Gasteiger partial charge in [0.05, 0.1) is 0 Å². The van der Waals surface area contributed by atoms with Crippen molar-refractivity contribution in [3.63, 3.8) is 0 Å². The van der Waals surface area contributed by atoms with Crippen LogP contribution in [0.4, 0.5) is 10.5 Å². The molecule has 2 amide bonds. The monoisotopic (exact) mass is 316 g/mol. The molecular weight excluding hydrogens is 296 g/mol. The highest BCUT2D eigenvalue weighted by atomic mass is 35.5. The molecule has 0 bridgehead atoms. The van der Waals surface area contributed by atoms with Gasteiger partial charge in [0.15, 0.2) is 0 Å². The summed E-state index contributed by atoms with van der Waals surface area (Å²) in [6, 6.07) is 15.1. The first-order valence-corrected chi connectivity index (χ1v) is 7.63. The third kappa shape index (κ3) is 4.50. The summed E-state index contributed by atoms with van der Waals surface area (Å²) < 4.78 is 0. The first-order valence-electron chi connectivity index (χ1n) is 7.25. The van der Waals surface area contributed by atoms with Crippen LogP contribution in [0.3, 0.4) is 0 Å². The number of para-hydroxylation sites is 1. The summed E-state index contributed by atoms with van der Waals surface area (Å²) in [6.45, 7) is 6.83. The molecule has 2 rings (SSSR count). The topological polar surface area (TPSA) is 41.1 Å². The minimum absolute atomic E-state index is 0.0277. The molecular formula is C18H21ClN2O. The van der Waals surface area contributed by atoms with Crippen LogP contribution in [0.2, 0.25) is 5.02 Å². The zero-order valence-corrected chi connectivity index (χ0v) is 13.9. The van der Waals surface area contributed by atoms with Crippen LogP contribution in [-0.4, -0.2) is 6.03 Å². The highest BCUT2D eigenvalue weighted by Crippen LogP contribution is 2.29. The summed E-state index contributed by atoms with van der Waals surface area (Å²) in [5.41, 5.74) is 2.92. The SMILES string of the molecule is CC(C)(C)c1ccccc1NC(=O)NCc1ccc(Cl)cc1. The first kappa shape index (κ1) is 16.4. The standard InChI is InChI=1S/C18H21ClN2O/c1-18(2,3)15-6-4-5-7-16(15)21-17(22)20-12-13-8-10-14(19)11-9-13/h4-11H,12H2,1-3H3,(H2,20,21,22). The minimum Gasteiger partial charge on any atom is -0.334 e. The van der Waals surface area contributed by atoms with Crippen molar-refractivity contribution in [3.8, 4) is 0 Å². The molecule has 0 heterocycles. The van der Waals surface area contributed by atoms with Crippen molar-refractivity contribution in [2.24, 2.45) is 0 Å². The first-order chi connectivity index (χ1) is 10.4. The van der Waals surface area contributed by atoms with Gasteiger partial charge in [-0.05, 0) is 34.7 Å². The average molecular weight is 317 g/mol. The van der Waals surface area contributed by atoms with Gasteiger partial charge in [0, 0.05) is 17.3 Å². The summed E-state index contributed by atoms with van der Waals surface area (Å²) in [5.74, 6) is 0. The number of benzene rings is 2. The van der Waals surface area contributed by atoms with E-state index in [9.17, 15) is 4.79 Å². The maximum absolute atomic E-state index is 12.1. The average Bonchev–Trinajstić information content (AvgIpc) is 2.46. The Kier molecular flexibility index (Phi) is 5.09. The Morgan fingerprint density at radius 2 is 1.68 bits per heavy atom. The molecule has 0 fully saturated rings. The molecule has 4 heteroatoms. The molecule has 2 N–H and O–H groups in total. The van der Waals surface area contributed by atoms with Gasteiger partial charge < -0.3 is 10.6 Å². The van der Waals surface area contributed by atoms with Crippen LogP contribution >= 0.6 is 11.6 Å². The zero-order valence-electron chi connectivity index (χ0n) is 13.1. The predicted octanol–water partition coefficient (Wildman–Crippen LogP) is 4.96. The van der Waals surface area contributed by atoms with Gasteiger partial charge in [0.25, 0.3) is 0 Å². The van der Waals surface area contributed by atoms with Crippen molar-refractivity contribution < 1.29 is 4.79 Å². The molecule has 0 aliphatic rings. The van der Waals surface area contributed by atoms with Gasteiger partial charge in [-0.3, -0.25) is 0 Å². The lowest BCUT2D eigenvalue weighted by molar-refractivity contribution is 0.251. The van der Waals surface area contributed by atoms with Crippen LogP contribution in [0.25, 0.3) is 0 Å². The highest BCUT2D eigenvalue weighted by molar-refractivity contribution is 6.30. The van der Waals surface area contributed by atoms with E-state index in [0.717, 1.165) is 16.8 Å². The van der Waals surface area contributed by atoms with E-state index < -0.39 is 0 Å². The van der Waals surface area contributed by atoms with Crippen molar-refractivity contribution in [1.82, 2.24) is 5.32 Å². The van der Waals surface area contributed by atoms with Crippen molar-refractivity contribution in [3.05, 3.63) is 64.7 Å². The Bertz CT molecular complexity index is 645. The number of rotatable bonds is 3. The van der Waals surface area contributed by atoms with Gasteiger partial charge in [-0.1, -0.05) is 62.7 Å². The van der Waals surface area contributed by atoms with Gasteiger partial charge >= 0.3 is 6.03 Å². The third-order valence-corrected chi connectivity index (χ3v) is 3.60. The Morgan fingerprint density at radius 1 is 1.05 bits per heavy atom. The lowest BCUT2D eigenvalue weighted by Crippen LogP contribution is -2.29. The number of nitrogens with one attached hydrogen (secondary N) is 2. The normalized spacial score (nSPS) is 11.1. The molecule has 2 aromatic carbocycles. The fraction of sp³-hybridized carbons (Fsp3) is 0.278. The maximum Gasteiger partial charge on any atom is 0.319 e. The van der Waals surface area contributed by atoms with Crippen LogP contribution < -0.4 is 10.6 Å². The summed E-state index contributed by atoms with van der Waals surface area (Å²) in [6.07, 6.45) is 0. The van der Waals surface area contributed by atoms with Crippen molar-refractivity contribution in [2.75, 3.05) is 5.32 Å². The highest BCUT2D eigenvalue weighted by Gasteiger charge is 2.18. The van der Waals surface area contributed by atoms with E-state index in [1.54, 1.807) is 0 Å². The van der Waals surface area contributed by atoms with Crippen molar-refractivity contribution in [2.45, 2.75) is 32.7 Å². The molecule has 116 valence electrons. The number of hydrogen-bond acceptors (Lipinski definition) is 1. The summed E-state index contributed by atoms with van der Waals surface area (Å²) in [7, 11) is 0. The minimum atomic E-state index is -0.216. The number of carbonyl (C=O) groups excluding carboxylic acids is 1. The lowest BCUT2D eigenvalue weighted by atomic mass is 9.86. The molecule has 0 aliphatic carbocycles. The van der Waals surface area contributed by atoms with Crippen LogP contribution in [-0.2, 0) is 12.0 Å². The Balaban J connectivity index is 1.99. The van der Waals surface area contributed by atoms with Gasteiger partial charge in [0.2, 0.25) is 0 Å². The van der Waals surface area contributed by atoms with Crippen LogP contribution in [0.15, 0.2) is 48.5 Å². The summed E-state index contributed by atoms with van der Waals surface area (Å²) in [4.78, 5) is 12.1. The molecule has 3 nitrogen and oxygen atoms in total. The van der Waals surface area contributed by atoms with Gasteiger partial charge in [-0.2, -0.15) is 0 Å².